The van der Waals surface area contributed by atoms with Crippen LogP contribution in [0.3, 0.4) is 0 Å². The van der Waals surface area contributed by atoms with Crippen LogP contribution in [0.1, 0.15) is 22.0 Å². The Bertz CT molecular complexity index is 911. The van der Waals surface area contributed by atoms with E-state index in [9.17, 15) is 4.79 Å². The van der Waals surface area contributed by atoms with Gasteiger partial charge in [-0.3, -0.25) is 9.48 Å². The Balaban J connectivity index is 1.60. The van der Waals surface area contributed by atoms with Crippen LogP contribution >= 0.6 is 23.2 Å². The normalized spacial score (nSPS) is 11.2. The number of allylic oxidation sites excluding steroid dienone is 1. The van der Waals surface area contributed by atoms with Crippen LogP contribution in [0.4, 0.5) is 0 Å². The van der Waals surface area contributed by atoms with E-state index in [0.29, 0.717) is 27.3 Å². The van der Waals surface area contributed by atoms with Crippen LogP contribution in [0, 0.1) is 0 Å². The molecule has 0 N–H and O–H groups in total. The Morgan fingerprint density at radius 3 is 2.68 bits per heavy atom. The summed E-state index contributed by atoms with van der Waals surface area (Å²) in [5.74, 6) is 1.58. The molecule has 0 aliphatic carbocycles. The minimum atomic E-state index is -0.291. The molecule has 7 heteroatoms. The number of nitrogens with zero attached hydrogens (tertiary/aromatic N) is 2. The summed E-state index contributed by atoms with van der Waals surface area (Å²) < 4.78 is 12.7. The third kappa shape index (κ3) is 4.53. The Morgan fingerprint density at radius 2 is 2.00 bits per heavy atom. The number of furan rings is 1. The Hall–Kier alpha value is -2.50. The molecule has 1 aromatic carbocycles. The number of ether oxygens (including phenoxy) is 1. The number of aromatic nitrogens is 2. The van der Waals surface area contributed by atoms with Gasteiger partial charge in [0.25, 0.3) is 0 Å². The van der Waals surface area contributed by atoms with Crippen molar-refractivity contribution in [3.05, 3.63) is 75.9 Å². The highest BCUT2D eigenvalue weighted by atomic mass is 35.5. The molecular formula is C18H14Cl2N2O3. The van der Waals surface area contributed by atoms with E-state index in [1.54, 1.807) is 55.7 Å². The fourth-order valence-electron chi connectivity index (χ4n) is 2.11. The molecule has 128 valence electrons. The summed E-state index contributed by atoms with van der Waals surface area (Å²) in [6.07, 6.45) is 4.51. The first kappa shape index (κ1) is 17.3. The number of carbonyl (C=O) groups excluding carboxylic acids is 1. The smallest absolute Gasteiger partial charge is 0.207 e. The van der Waals surface area contributed by atoms with Crippen molar-refractivity contribution in [1.29, 1.82) is 0 Å². The molecule has 5 nitrogen and oxygen atoms in total. The zero-order valence-corrected chi connectivity index (χ0v) is 14.8. The van der Waals surface area contributed by atoms with Crippen LogP contribution < -0.4 is 4.74 Å². The molecule has 0 fully saturated rings. The lowest BCUT2D eigenvalue weighted by Crippen LogP contribution is -1.98. The molecule has 3 aromatic rings. The minimum absolute atomic E-state index is 0.207. The highest BCUT2D eigenvalue weighted by Crippen LogP contribution is 2.19. The zero-order chi connectivity index (χ0) is 17.8. The average Bonchev–Trinajstić information content (AvgIpc) is 3.18. The Kier molecular flexibility index (Phi) is 5.26. The van der Waals surface area contributed by atoms with Crippen molar-refractivity contribution >= 4 is 35.1 Å². The highest BCUT2D eigenvalue weighted by Gasteiger charge is 2.12. The van der Waals surface area contributed by atoms with E-state index >= 15 is 0 Å². The van der Waals surface area contributed by atoms with Crippen LogP contribution in [0.25, 0.3) is 6.08 Å². The maximum absolute atomic E-state index is 12.1. The fraction of sp³-hybridized carbons (Fsp3) is 0.111. The summed E-state index contributed by atoms with van der Waals surface area (Å²) in [4.78, 5) is 12.1. The van der Waals surface area contributed by atoms with Gasteiger partial charge in [-0.15, -0.1) is 0 Å². The number of benzene rings is 1. The lowest BCUT2D eigenvalue weighted by molar-refractivity contribution is 0.104. The van der Waals surface area contributed by atoms with E-state index in [2.05, 4.69) is 5.10 Å². The van der Waals surface area contributed by atoms with Gasteiger partial charge in [0.2, 0.25) is 5.78 Å². The van der Waals surface area contributed by atoms with E-state index < -0.39 is 0 Å². The van der Waals surface area contributed by atoms with Crippen LogP contribution in [0.5, 0.6) is 5.75 Å². The van der Waals surface area contributed by atoms with Crippen molar-refractivity contribution in [2.75, 3.05) is 0 Å². The van der Waals surface area contributed by atoms with Crippen molar-refractivity contribution in [1.82, 2.24) is 9.78 Å². The molecule has 0 atom stereocenters. The van der Waals surface area contributed by atoms with Gasteiger partial charge >= 0.3 is 0 Å². The van der Waals surface area contributed by atoms with Gasteiger partial charge in [-0.1, -0.05) is 23.2 Å². The quantitative estimate of drug-likeness (QED) is 0.458. The standard InChI is InChI=1S/C18H14Cl2N2O3/c1-22-10-16(20)18(21-22)17(23)9-8-14-6-7-15(25-14)11-24-13-4-2-12(19)3-5-13/h2-10H,11H2,1H3/b9-8+. The first-order valence-corrected chi connectivity index (χ1v) is 8.15. The molecule has 0 aliphatic heterocycles. The number of hydrogen-bond acceptors (Lipinski definition) is 4. The number of carbonyl (C=O) groups is 1. The second kappa shape index (κ2) is 7.59. The summed E-state index contributed by atoms with van der Waals surface area (Å²) in [5.41, 5.74) is 0.207. The van der Waals surface area contributed by atoms with Gasteiger partial charge < -0.3 is 9.15 Å². The number of hydrogen-bond donors (Lipinski definition) is 0. The third-order valence-corrected chi connectivity index (χ3v) is 3.82. The van der Waals surface area contributed by atoms with Crippen molar-refractivity contribution in [2.45, 2.75) is 6.61 Å². The third-order valence-electron chi connectivity index (χ3n) is 3.29. The molecule has 0 amide bonds. The van der Waals surface area contributed by atoms with Crippen LogP contribution in [0.15, 0.2) is 53.1 Å². The topological polar surface area (TPSA) is 57.3 Å². The van der Waals surface area contributed by atoms with E-state index in [0.717, 1.165) is 0 Å². The predicted octanol–water partition coefficient (Wildman–Crippen LogP) is 4.80. The molecule has 0 saturated heterocycles. The SMILES string of the molecule is Cn1cc(Cl)c(C(=O)/C=C/c2ccc(COc3ccc(Cl)cc3)o2)n1. The first-order chi connectivity index (χ1) is 12.0. The minimum Gasteiger partial charge on any atom is -0.486 e. The lowest BCUT2D eigenvalue weighted by Gasteiger charge is -2.03. The molecule has 0 unspecified atom stereocenters. The monoisotopic (exact) mass is 376 g/mol. The van der Waals surface area contributed by atoms with Crippen molar-refractivity contribution in [3.8, 4) is 5.75 Å². The van der Waals surface area contributed by atoms with Crippen LogP contribution in [-0.2, 0) is 13.7 Å². The van der Waals surface area contributed by atoms with Gasteiger partial charge in [0.05, 0.1) is 5.02 Å². The van der Waals surface area contributed by atoms with Gasteiger partial charge in [-0.05, 0) is 48.6 Å². The number of halogens is 2. The summed E-state index contributed by atoms with van der Waals surface area (Å²) >= 11 is 11.8. The molecule has 0 radical (unpaired) electrons. The number of ketones is 1. The second-order valence-corrected chi connectivity index (χ2v) is 6.09. The van der Waals surface area contributed by atoms with E-state index in [1.807, 2.05) is 0 Å². The highest BCUT2D eigenvalue weighted by molar-refractivity contribution is 6.34. The van der Waals surface area contributed by atoms with E-state index in [-0.39, 0.29) is 18.1 Å². The predicted molar refractivity (Wildman–Crippen MR) is 96.1 cm³/mol. The lowest BCUT2D eigenvalue weighted by atomic mass is 10.2. The fourth-order valence-corrected chi connectivity index (χ4v) is 2.51. The molecule has 2 aromatic heterocycles. The van der Waals surface area contributed by atoms with Gasteiger partial charge in [-0.25, -0.2) is 0 Å². The maximum Gasteiger partial charge on any atom is 0.207 e. The number of rotatable bonds is 6. The molecule has 0 saturated carbocycles. The van der Waals surface area contributed by atoms with Gasteiger partial charge in [0, 0.05) is 18.3 Å². The summed E-state index contributed by atoms with van der Waals surface area (Å²) in [5, 5.41) is 4.98. The molecule has 2 heterocycles. The van der Waals surface area contributed by atoms with Crippen molar-refractivity contribution in [3.63, 3.8) is 0 Å². The summed E-state index contributed by atoms with van der Waals surface area (Å²) in [6.45, 7) is 0.273. The van der Waals surface area contributed by atoms with Crippen molar-refractivity contribution < 1.29 is 13.9 Å². The first-order valence-electron chi connectivity index (χ1n) is 7.40. The van der Waals surface area contributed by atoms with Crippen molar-refractivity contribution in [2.24, 2.45) is 7.05 Å². The summed E-state index contributed by atoms with van der Waals surface area (Å²) in [6, 6.07) is 10.6. The average molecular weight is 377 g/mol. The molecular weight excluding hydrogens is 363 g/mol. The van der Waals surface area contributed by atoms with E-state index in [1.165, 1.54) is 10.8 Å². The molecule has 25 heavy (non-hydrogen) atoms. The molecule has 0 spiro atoms. The van der Waals surface area contributed by atoms with Gasteiger partial charge in [-0.2, -0.15) is 5.10 Å². The van der Waals surface area contributed by atoms with Gasteiger partial charge in [0.1, 0.15) is 23.9 Å². The zero-order valence-electron chi connectivity index (χ0n) is 13.3. The molecule has 0 bridgehead atoms. The molecule has 3 rings (SSSR count). The second-order valence-electron chi connectivity index (χ2n) is 5.24. The maximum atomic E-state index is 12.1. The Morgan fingerprint density at radius 1 is 1.24 bits per heavy atom. The van der Waals surface area contributed by atoms with E-state index in [4.69, 9.17) is 32.4 Å². The number of aryl methyl sites for hydroxylation is 1. The van der Waals surface area contributed by atoms with Crippen LogP contribution in [-0.4, -0.2) is 15.6 Å². The van der Waals surface area contributed by atoms with Crippen LogP contribution in [0.2, 0.25) is 10.0 Å². The Labute approximate surface area is 154 Å². The van der Waals surface area contributed by atoms with Gasteiger partial charge in [0.15, 0.2) is 5.69 Å². The largest absolute Gasteiger partial charge is 0.486 e. The summed E-state index contributed by atoms with van der Waals surface area (Å²) in [7, 11) is 1.70. The molecule has 0 aliphatic rings.